The van der Waals surface area contributed by atoms with Gasteiger partial charge < -0.3 is 10.1 Å². The number of nitriles is 1. The highest BCUT2D eigenvalue weighted by atomic mass is 16.5. The van der Waals surface area contributed by atoms with Crippen LogP contribution in [0.2, 0.25) is 0 Å². The van der Waals surface area contributed by atoms with Crippen LogP contribution < -0.4 is 10.1 Å². The molecule has 1 unspecified atom stereocenters. The van der Waals surface area contributed by atoms with E-state index in [-0.39, 0.29) is 0 Å². The van der Waals surface area contributed by atoms with Gasteiger partial charge in [0.2, 0.25) is 0 Å². The molecule has 1 rings (SSSR count). The summed E-state index contributed by atoms with van der Waals surface area (Å²) in [6.07, 6.45) is 3.51. The van der Waals surface area contributed by atoms with Crippen molar-refractivity contribution in [3.05, 3.63) is 29.8 Å². The standard InChI is InChI=1S/C16H24N2O/c1-4-14-8-6-9-15(12-14)19-11-7-10-16(5-2,13-17)18-3/h6,8-9,12,18H,4-5,7,10-11H2,1-3H3. The number of hydrogen-bond acceptors (Lipinski definition) is 3. The fraction of sp³-hybridized carbons (Fsp3) is 0.562. The van der Waals surface area contributed by atoms with Crippen LogP contribution in [0.15, 0.2) is 24.3 Å². The monoisotopic (exact) mass is 260 g/mol. The van der Waals surface area contributed by atoms with Gasteiger partial charge in [0.05, 0.1) is 12.7 Å². The molecule has 1 N–H and O–H groups in total. The van der Waals surface area contributed by atoms with Crippen LogP contribution in [0.5, 0.6) is 5.75 Å². The highest BCUT2D eigenvalue weighted by Crippen LogP contribution is 2.18. The zero-order valence-electron chi connectivity index (χ0n) is 12.2. The molecular weight excluding hydrogens is 236 g/mol. The van der Waals surface area contributed by atoms with E-state index in [2.05, 4.69) is 30.4 Å². The first kappa shape index (κ1) is 15.5. The highest BCUT2D eigenvalue weighted by Gasteiger charge is 2.24. The van der Waals surface area contributed by atoms with Gasteiger partial charge in [-0.2, -0.15) is 5.26 Å². The molecule has 1 aromatic rings. The minimum absolute atomic E-state index is 0.408. The average molecular weight is 260 g/mol. The fourth-order valence-corrected chi connectivity index (χ4v) is 2.09. The van der Waals surface area contributed by atoms with Gasteiger partial charge >= 0.3 is 0 Å². The van der Waals surface area contributed by atoms with Gasteiger partial charge in [-0.3, -0.25) is 0 Å². The first-order chi connectivity index (χ1) is 9.19. The van der Waals surface area contributed by atoms with Gasteiger partial charge in [0.1, 0.15) is 11.3 Å². The van der Waals surface area contributed by atoms with Gasteiger partial charge in [-0.1, -0.05) is 26.0 Å². The Labute approximate surface area is 116 Å². The fourth-order valence-electron chi connectivity index (χ4n) is 2.09. The van der Waals surface area contributed by atoms with Crippen LogP contribution in [-0.2, 0) is 6.42 Å². The second-order valence-corrected chi connectivity index (χ2v) is 4.75. The van der Waals surface area contributed by atoms with Gasteiger partial charge in [0, 0.05) is 0 Å². The van der Waals surface area contributed by atoms with Crippen LogP contribution in [0.1, 0.15) is 38.7 Å². The van der Waals surface area contributed by atoms with E-state index in [1.54, 1.807) is 0 Å². The SMILES string of the molecule is CCc1cccc(OCCCC(C#N)(CC)NC)c1. The van der Waals surface area contributed by atoms with Crippen molar-refractivity contribution in [1.82, 2.24) is 5.32 Å². The topological polar surface area (TPSA) is 45.0 Å². The van der Waals surface area contributed by atoms with Crippen molar-refractivity contribution in [1.29, 1.82) is 5.26 Å². The predicted octanol–water partition coefficient (Wildman–Crippen LogP) is 3.30. The second kappa shape index (κ2) is 7.81. The third kappa shape index (κ3) is 4.57. The maximum absolute atomic E-state index is 9.21. The van der Waals surface area contributed by atoms with Crippen LogP contribution in [0, 0.1) is 11.3 Å². The normalized spacial score (nSPS) is 13.6. The van der Waals surface area contributed by atoms with E-state index in [0.717, 1.165) is 31.4 Å². The minimum Gasteiger partial charge on any atom is -0.494 e. The second-order valence-electron chi connectivity index (χ2n) is 4.75. The Hall–Kier alpha value is -1.53. The molecule has 0 aliphatic heterocycles. The molecule has 0 bridgehead atoms. The van der Waals surface area contributed by atoms with E-state index in [1.807, 2.05) is 26.1 Å². The lowest BCUT2D eigenvalue weighted by Gasteiger charge is -2.24. The van der Waals surface area contributed by atoms with Gasteiger partial charge in [-0.05, 0) is 50.4 Å². The van der Waals surface area contributed by atoms with Crippen molar-refractivity contribution < 1.29 is 4.74 Å². The molecule has 0 aliphatic carbocycles. The van der Waals surface area contributed by atoms with E-state index in [4.69, 9.17) is 4.74 Å². The molecule has 0 saturated carbocycles. The van der Waals surface area contributed by atoms with Crippen molar-refractivity contribution in [2.45, 2.75) is 45.1 Å². The lowest BCUT2D eigenvalue weighted by molar-refractivity contribution is 0.281. The van der Waals surface area contributed by atoms with Crippen molar-refractivity contribution in [3.8, 4) is 11.8 Å². The lowest BCUT2D eigenvalue weighted by Crippen LogP contribution is -2.41. The van der Waals surface area contributed by atoms with E-state index >= 15 is 0 Å². The summed E-state index contributed by atoms with van der Waals surface area (Å²) in [7, 11) is 1.85. The number of aryl methyl sites for hydroxylation is 1. The molecule has 0 aliphatic rings. The quantitative estimate of drug-likeness (QED) is 0.729. The third-order valence-corrected chi connectivity index (χ3v) is 3.62. The van der Waals surface area contributed by atoms with Gasteiger partial charge in [0.25, 0.3) is 0 Å². The molecule has 0 radical (unpaired) electrons. The molecule has 1 aromatic carbocycles. The van der Waals surface area contributed by atoms with Crippen LogP contribution in [0.3, 0.4) is 0 Å². The molecule has 3 heteroatoms. The Morgan fingerprint density at radius 1 is 1.37 bits per heavy atom. The molecule has 19 heavy (non-hydrogen) atoms. The largest absolute Gasteiger partial charge is 0.494 e. The molecule has 3 nitrogen and oxygen atoms in total. The van der Waals surface area contributed by atoms with E-state index < -0.39 is 5.54 Å². The summed E-state index contributed by atoms with van der Waals surface area (Å²) in [6, 6.07) is 10.5. The minimum atomic E-state index is -0.408. The zero-order valence-corrected chi connectivity index (χ0v) is 12.2. The number of rotatable bonds is 8. The summed E-state index contributed by atoms with van der Waals surface area (Å²) in [4.78, 5) is 0. The molecule has 0 heterocycles. The van der Waals surface area contributed by atoms with E-state index in [1.165, 1.54) is 5.56 Å². The number of nitrogens with one attached hydrogen (secondary N) is 1. The molecule has 1 atom stereocenters. The molecule has 104 valence electrons. The summed E-state index contributed by atoms with van der Waals surface area (Å²) in [6.45, 7) is 4.82. The smallest absolute Gasteiger partial charge is 0.119 e. The third-order valence-electron chi connectivity index (χ3n) is 3.62. The summed E-state index contributed by atoms with van der Waals surface area (Å²) in [5, 5.41) is 12.3. The maximum Gasteiger partial charge on any atom is 0.119 e. The van der Waals surface area contributed by atoms with Crippen LogP contribution in [-0.4, -0.2) is 19.2 Å². The Kier molecular flexibility index (Phi) is 6.38. The first-order valence-corrected chi connectivity index (χ1v) is 7.01. The molecule has 0 amide bonds. The van der Waals surface area contributed by atoms with Gasteiger partial charge in [-0.15, -0.1) is 0 Å². The van der Waals surface area contributed by atoms with Crippen molar-refractivity contribution in [3.63, 3.8) is 0 Å². The maximum atomic E-state index is 9.21. The number of hydrogen-bond donors (Lipinski definition) is 1. The summed E-state index contributed by atoms with van der Waals surface area (Å²) >= 11 is 0. The Morgan fingerprint density at radius 3 is 2.74 bits per heavy atom. The van der Waals surface area contributed by atoms with Crippen molar-refractivity contribution in [2.75, 3.05) is 13.7 Å². The molecule has 0 saturated heterocycles. The average Bonchev–Trinajstić information content (AvgIpc) is 2.48. The molecule has 0 spiro atoms. The molecular formula is C16H24N2O. The van der Waals surface area contributed by atoms with Crippen molar-refractivity contribution in [2.24, 2.45) is 0 Å². The molecule has 0 fully saturated rings. The van der Waals surface area contributed by atoms with Gasteiger partial charge in [-0.25, -0.2) is 0 Å². The predicted molar refractivity (Wildman–Crippen MR) is 78.2 cm³/mol. The van der Waals surface area contributed by atoms with E-state index in [9.17, 15) is 5.26 Å². The summed E-state index contributed by atoms with van der Waals surface area (Å²) in [5.41, 5.74) is 0.877. The van der Waals surface area contributed by atoms with Gasteiger partial charge in [0.15, 0.2) is 0 Å². The van der Waals surface area contributed by atoms with E-state index in [0.29, 0.717) is 6.61 Å². The Morgan fingerprint density at radius 2 is 2.16 bits per heavy atom. The van der Waals surface area contributed by atoms with Crippen LogP contribution in [0.25, 0.3) is 0 Å². The zero-order chi connectivity index (χ0) is 14.1. The Bertz CT molecular complexity index is 419. The lowest BCUT2D eigenvalue weighted by atomic mass is 9.92. The summed E-state index contributed by atoms with van der Waals surface area (Å²) < 4.78 is 5.74. The highest BCUT2D eigenvalue weighted by molar-refractivity contribution is 5.28. The van der Waals surface area contributed by atoms with Crippen LogP contribution >= 0.6 is 0 Å². The summed E-state index contributed by atoms with van der Waals surface area (Å²) in [5.74, 6) is 0.919. The van der Waals surface area contributed by atoms with Crippen LogP contribution in [0.4, 0.5) is 0 Å². The Balaban J connectivity index is 2.40. The number of benzene rings is 1. The molecule has 0 aromatic heterocycles. The first-order valence-electron chi connectivity index (χ1n) is 7.01. The number of ether oxygens (including phenoxy) is 1. The van der Waals surface area contributed by atoms with Crippen molar-refractivity contribution >= 4 is 0 Å². The number of nitrogens with zero attached hydrogens (tertiary/aromatic N) is 1.